The van der Waals surface area contributed by atoms with Crippen LogP contribution in [0.15, 0.2) is 24.3 Å². The molecule has 0 bridgehead atoms. The minimum absolute atomic E-state index is 0.167. The zero-order valence-corrected chi connectivity index (χ0v) is 8.69. The average Bonchev–Trinajstić information content (AvgIpc) is 2.05. The zero-order chi connectivity index (χ0) is 10.3. The lowest BCUT2D eigenvalue weighted by molar-refractivity contribution is 0.615. The molecule has 1 nitrogen and oxygen atoms in total. The van der Waals surface area contributed by atoms with Gasteiger partial charge in [-0.3, -0.25) is 0 Å². The van der Waals surface area contributed by atoms with E-state index in [4.69, 9.17) is 0 Å². The number of benzene rings is 1. The molecule has 1 aliphatic rings. The second-order valence-corrected chi connectivity index (χ2v) is 4.34. The summed E-state index contributed by atoms with van der Waals surface area (Å²) >= 11 is 0. The van der Waals surface area contributed by atoms with Crippen LogP contribution in [-0.4, -0.2) is 5.54 Å². The van der Waals surface area contributed by atoms with Crippen LogP contribution in [0.5, 0.6) is 0 Å². The van der Waals surface area contributed by atoms with Gasteiger partial charge in [0.25, 0.3) is 0 Å². The minimum atomic E-state index is -0.178. The van der Waals surface area contributed by atoms with Crippen molar-refractivity contribution in [2.75, 3.05) is 5.32 Å². The fraction of sp³-hybridized carbons (Fsp3) is 0.333. The van der Waals surface area contributed by atoms with Crippen LogP contribution in [0.4, 0.5) is 10.1 Å². The van der Waals surface area contributed by atoms with Crippen LogP contribution in [0.25, 0.3) is 5.57 Å². The lowest BCUT2D eigenvalue weighted by Gasteiger charge is -2.31. The molecule has 1 aromatic rings. The van der Waals surface area contributed by atoms with Gasteiger partial charge in [0.05, 0.1) is 11.2 Å². The highest BCUT2D eigenvalue weighted by atomic mass is 19.1. The second-order valence-electron chi connectivity index (χ2n) is 4.34. The van der Waals surface area contributed by atoms with Gasteiger partial charge in [0.1, 0.15) is 5.82 Å². The number of para-hydroxylation sites is 1. The highest BCUT2D eigenvalue weighted by molar-refractivity contribution is 5.80. The van der Waals surface area contributed by atoms with Crippen LogP contribution in [0.3, 0.4) is 0 Å². The van der Waals surface area contributed by atoms with E-state index in [9.17, 15) is 4.39 Å². The molecule has 0 spiro atoms. The summed E-state index contributed by atoms with van der Waals surface area (Å²) < 4.78 is 13.5. The van der Waals surface area contributed by atoms with Crippen molar-refractivity contribution in [3.63, 3.8) is 0 Å². The van der Waals surface area contributed by atoms with E-state index in [1.54, 1.807) is 6.07 Å². The SMILES string of the molecule is CC1=CC(C)(C)Nc2c(F)cccc21. The van der Waals surface area contributed by atoms with Gasteiger partial charge >= 0.3 is 0 Å². The van der Waals surface area contributed by atoms with Crippen LogP contribution in [0, 0.1) is 5.82 Å². The van der Waals surface area contributed by atoms with Crippen molar-refractivity contribution < 1.29 is 4.39 Å². The lowest BCUT2D eigenvalue weighted by atomic mass is 9.91. The van der Waals surface area contributed by atoms with Crippen molar-refractivity contribution in [3.8, 4) is 0 Å². The van der Waals surface area contributed by atoms with Gasteiger partial charge in [0, 0.05) is 5.56 Å². The molecule has 0 amide bonds. The molecule has 74 valence electrons. The van der Waals surface area contributed by atoms with E-state index in [2.05, 4.69) is 11.4 Å². The molecule has 0 saturated carbocycles. The summed E-state index contributed by atoms with van der Waals surface area (Å²) in [6.45, 7) is 6.08. The van der Waals surface area contributed by atoms with Crippen molar-refractivity contribution in [1.29, 1.82) is 0 Å². The van der Waals surface area contributed by atoms with E-state index in [1.807, 2.05) is 26.8 Å². The molecule has 0 saturated heterocycles. The molecule has 1 aromatic carbocycles. The van der Waals surface area contributed by atoms with Gasteiger partial charge in [0.15, 0.2) is 0 Å². The van der Waals surface area contributed by atoms with Crippen LogP contribution < -0.4 is 5.32 Å². The normalized spacial score (nSPS) is 18.1. The van der Waals surface area contributed by atoms with Crippen molar-refractivity contribution in [2.24, 2.45) is 0 Å². The van der Waals surface area contributed by atoms with E-state index in [0.29, 0.717) is 5.69 Å². The largest absolute Gasteiger partial charge is 0.374 e. The quantitative estimate of drug-likeness (QED) is 0.662. The maximum atomic E-state index is 13.5. The third-order valence-electron chi connectivity index (χ3n) is 2.46. The predicted molar refractivity (Wildman–Crippen MR) is 57.8 cm³/mol. The maximum Gasteiger partial charge on any atom is 0.146 e. The summed E-state index contributed by atoms with van der Waals surface area (Å²) in [5, 5.41) is 3.18. The Morgan fingerprint density at radius 3 is 2.71 bits per heavy atom. The number of rotatable bonds is 0. The Balaban J connectivity index is 2.62. The molecule has 0 aliphatic carbocycles. The Labute approximate surface area is 83.6 Å². The molecule has 1 aliphatic heterocycles. The molecule has 0 aromatic heterocycles. The van der Waals surface area contributed by atoms with Crippen LogP contribution >= 0.6 is 0 Å². The molecule has 14 heavy (non-hydrogen) atoms. The number of allylic oxidation sites excluding steroid dienone is 1. The summed E-state index contributed by atoms with van der Waals surface area (Å²) in [6.07, 6.45) is 2.12. The molecular weight excluding hydrogens is 177 g/mol. The van der Waals surface area contributed by atoms with Gasteiger partial charge in [-0.1, -0.05) is 18.2 Å². The Morgan fingerprint density at radius 2 is 2.00 bits per heavy atom. The van der Waals surface area contributed by atoms with Gasteiger partial charge in [-0.05, 0) is 32.4 Å². The maximum absolute atomic E-state index is 13.5. The fourth-order valence-corrected chi connectivity index (χ4v) is 1.96. The molecule has 1 heterocycles. The number of hydrogen-bond acceptors (Lipinski definition) is 1. The van der Waals surface area contributed by atoms with Gasteiger partial charge in [-0.15, -0.1) is 0 Å². The van der Waals surface area contributed by atoms with E-state index in [-0.39, 0.29) is 11.4 Å². The molecular formula is C12H14FN. The third kappa shape index (κ3) is 1.41. The van der Waals surface area contributed by atoms with Gasteiger partial charge < -0.3 is 5.32 Å². The first-order valence-electron chi connectivity index (χ1n) is 4.76. The first kappa shape index (κ1) is 9.25. The number of fused-ring (bicyclic) bond motifs is 1. The number of hydrogen-bond donors (Lipinski definition) is 1. The first-order valence-corrected chi connectivity index (χ1v) is 4.76. The van der Waals surface area contributed by atoms with E-state index in [1.165, 1.54) is 6.07 Å². The van der Waals surface area contributed by atoms with E-state index < -0.39 is 0 Å². The summed E-state index contributed by atoms with van der Waals surface area (Å²) in [6, 6.07) is 5.17. The summed E-state index contributed by atoms with van der Waals surface area (Å²) in [5.74, 6) is -0.178. The number of halogens is 1. The highest BCUT2D eigenvalue weighted by Crippen LogP contribution is 2.34. The monoisotopic (exact) mass is 191 g/mol. The molecule has 0 atom stereocenters. The third-order valence-corrected chi connectivity index (χ3v) is 2.46. The molecule has 0 unspecified atom stereocenters. The minimum Gasteiger partial charge on any atom is -0.374 e. The smallest absolute Gasteiger partial charge is 0.146 e. The van der Waals surface area contributed by atoms with Crippen molar-refractivity contribution in [2.45, 2.75) is 26.3 Å². The van der Waals surface area contributed by atoms with Crippen LogP contribution in [0.2, 0.25) is 0 Å². The molecule has 2 rings (SSSR count). The Morgan fingerprint density at radius 1 is 1.29 bits per heavy atom. The second kappa shape index (κ2) is 2.84. The van der Waals surface area contributed by atoms with Gasteiger partial charge in [-0.25, -0.2) is 4.39 Å². The number of anilines is 1. The van der Waals surface area contributed by atoms with Crippen LogP contribution in [-0.2, 0) is 0 Å². The molecule has 0 radical (unpaired) electrons. The zero-order valence-electron chi connectivity index (χ0n) is 8.69. The van der Waals surface area contributed by atoms with E-state index in [0.717, 1.165) is 11.1 Å². The van der Waals surface area contributed by atoms with Crippen molar-refractivity contribution >= 4 is 11.3 Å². The van der Waals surface area contributed by atoms with Crippen molar-refractivity contribution in [1.82, 2.24) is 0 Å². The first-order chi connectivity index (χ1) is 6.49. The lowest BCUT2D eigenvalue weighted by Crippen LogP contribution is -2.32. The van der Waals surface area contributed by atoms with E-state index >= 15 is 0 Å². The fourth-order valence-electron chi connectivity index (χ4n) is 1.96. The molecule has 0 fully saturated rings. The summed E-state index contributed by atoms with van der Waals surface area (Å²) in [7, 11) is 0. The topological polar surface area (TPSA) is 12.0 Å². The molecule has 2 heteroatoms. The summed E-state index contributed by atoms with van der Waals surface area (Å²) in [5.41, 5.74) is 2.55. The Hall–Kier alpha value is -1.31. The highest BCUT2D eigenvalue weighted by Gasteiger charge is 2.24. The predicted octanol–water partition coefficient (Wildman–Crippen LogP) is 3.43. The standard InChI is InChI=1S/C12H14FN/c1-8-7-12(2,3)14-11-9(8)5-4-6-10(11)13/h4-7,14H,1-3H3. The summed E-state index contributed by atoms with van der Waals surface area (Å²) in [4.78, 5) is 0. The average molecular weight is 191 g/mol. The van der Waals surface area contributed by atoms with Gasteiger partial charge in [0.2, 0.25) is 0 Å². The van der Waals surface area contributed by atoms with Crippen LogP contribution in [0.1, 0.15) is 26.3 Å². The molecule has 1 N–H and O–H groups in total. The number of nitrogens with one attached hydrogen (secondary N) is 1. The van der Waals surface area contributed by atoms with Gasteiger partial charge in [-0.2, -0.15) is 0 Å². The Kier molecular flexibility index (Phi) is 1.88. The Bertz CT molecular complexity index is 405. The van der Waals surface area contributed by atoms with Crippen molar-refractivity contribution in [3.05, 3.63) is 35.7 Å².